The van der Waals surface area contributed by atoms with Crippen molar-refractivity contribution in [3.05, 3.63) is 106 Å². The zero-order valence-electron chi connectivity index (χ0n) is 26.6. The molecule has 49 heavy (non-hydrogen) atoms. The summed E-state index contributed by atoms with van der Waals surface area (Å²) in [6.07, 6.45) is 5.86. The van der Waals surface area contributed by atoms with Gasteiger partial charge in [-0.2, -0.15) is 0 Å². The summed E-state index contributed by atoms with van der Waals surface area (Å²) in [5.41, 5.74) is 6.74. The van der Waals surface area contributed by atoms with E-state index in [0.29, 0.717) is 16.9 Å². The van der Waals surface area contributed by atoms with Crippen molar-refractivity contribution in [1.82, 2.24) is 27.7 Å². The average Bonchev–Trinajstić information content (AvgIpc) is 3.69. The van der Waals surface area contributed by atoms with Crippen molar-refractivity contribution in [3.8, 4) is 11.3 Å². The molecule has 2 aromatic heterocycles. The number of aromatic nitrogens is 3. The van der Waals surface area contributed by atoms with Crippen LogP contribution in [0.1, 0.15) is 39.1 Å². The fourth-order valence-electron chi connectivity index (χ4n) is 6.58. The Morgan fingerprint density at radius 2 is 1.67 bits per heavy atom. The molecule has 5 heterocycles. The normalized spacial score (nSPS) is 18.3. The Hall–Kier alpha value is -5.15. The van der Waals surface area contributed by atoms with E-state index in [1.165, 1.54) is 5.56 Å². The van der Waals surface area contributed by atoms with Crippen molar-refractivity contribution >= 4 is 46.5 Å². The number of carbonyl (C=O) groups is 4. The number of imide groups is 2. The van der Waals surface area contributed by atoms with Crippen molar-refractivity contribution in [3.63, 3.8) is 0 Å². The van der Waals surface area contributed by atoms with E-state index in [0.717, 1.165) is 62.9 Å². The predicted molar refractivity (Wildman–Crippen MR) is 178 cm³/mol. The van der Waals surface area contributed by atoms with Crippen molar-refractivity contribution in [2.75, 3.05) is 36.4 Å². The molecular weight excluding hydrogens is 735 g/mol. The summed E-state index contributed by atoms with van der Waals surface area (Å²) in [6, 6.07) is 21.2. The number of fused-ring (bicyclic) bond motifs is 2. The summed E-state index contributed by atoms with van der Waals surface area (Å²) in [5, 5.41) is 5.68. The fourth-order valence-corrected chi connectivity index (χ4v) is 9.07. The van der Waals surface area contributed by atoms with Gasteiger partial charge in [0.2, 0.25) is 0 Å². The summed E-state index contributed by atoms with van der Waals surface area (Å²) in [7, 11) is 0. The Bertz CT molecular complexity index is 2140. The topological polar surface area (TPSA) is 132 Å². The SMILES string of the molecule is Cc1cccc(-c2cnc(Nc3ccc(N4CCN([I-]c5ccc6c(c5)C(=O)N(C5CCC(=O)NC5=O)C6=O)CC4)cc3)c3nccn23)c1. The molecule has 8 rings (SSSR count). The third-order valence-electron chi connectivity index (χ3n) is 9.08. The predicted octanol–water partition coefficient (Wildman–Crippen LogP) is 0.845. The van der Waals surface area contributed by atoms with Gasteiger partial charge in [0.25, 0.3) is 0 Å². The van der Waals surface area contributed by atoms with Crippen LogP contribution in [0.3, 0.4) is 0 Å². The van der Waals surface area contributed by atoms with Gasteiger partial charge >= 0.3 is 233 Å². The molecule has 248 valence electrons. The number of nitrogens with zero attached hydrogens (tertiary/aromatic N) is 6. The van der Waals surface area contributed by atoms with Crippen molar-refractivity contribution in [1.29, 1.82) is 0 Å². The summed E-state index contributed by atoms with van der Waals surface area (Å²) < 4.78 is 5.53. The number of rotatable bonds is 7. The van der Waals surface area contributed by atoms with E-state index in [4.69, 9.17) is 4.98 Å². The molecule has 1 atom stereocenters. The molecule has 0 spiro atoms. The van der Waals surface area contributed by atoms with E-state index in [2.05, 4.69) is 77.4 Å². The summed E-state index contributed by atoms with van der Waals surface area (Å²) in [4.78, 5) is 62.9. The Morgan fingerprint density at radius 1 is 0.878 bits per heavy atom. The van der Waals surface area contributed by atoms with Gasteiger partial charge in [0.1, 0.15) is 0 Å². The first-order valence-corrected chi connectivity index (χ1v) is 18.1. The van der Waals surface area contributed by atoms with Crippen molar-refractivity contribution < 1.29 is 40.7 Å². The van der Waals surface area contributed by atoms with Gasteiger partial charge in [0.15, 0.2) is 0 Å². The van der Waals surface area contributed by atoms with Gasteiger partial charge in [0, 0.05) is 18.0 Å². The Labute approximate surface area is 292 Å². The summed E-state index contributed by atoms with van der Waals surface area (Å²) in [6.45, 7) is 5.59. The Kier molecular flexibility index (Phi) is 8.08. The molecule has 12 nitrogen and oxygen atoms in total. The summed E-state index contributed by atoms with van der Waals surface area (Å²) in [5.74, 6) is -1.24. The zero-order valence-corrected chi connectivity index (χ0v) is 28.8. The van der Waals surface area contributed by atoms with Gasteiger partial charge in [-0.25, -0.2) is 0 Å². The van der Waals surface area contributed by atoms with Crippen LogP contribution in [0.5, 0.6) is 0 Å². The van der Waals surface area contributed by atoms with Gasteiger partial charge in [0.05, 0.1) is 5.69 Å². The second-order valence-electron chi connectivity index (χ2n) is 12.3. The molecule has 0 radical (unpaired) electrons. The molecule has 3 aromatic carbocycles. The number of carbonyl (C=O) groups excluding carboxylic acids is 4. The molecule has 1 unspecified atom stereocenters. The number of benzene rings is 3. The molecule has 2 fully saturated rings. The molecule has 2 N–H and O–H groups in total. The number of nitrogens with one attached hydrogen (secondary N) is 2. The number of hydrogen-bond acceptors (Lipinski definition) is 9. The molecule has 0 bridgehead atoms. The number of imidazole rings is 1. The molecule has 3 aliphatic heterocycles. The van der Waals surface area contributed by atoms with Gasteiger partial charge in [-0.1, -0.05) is 23.8 Å². The van der Waals surface area contributed by atoms with Crippen LogP contribution >= 0.6 is 0 Å². The van der Waals surface area contributed by atoms with E-state index in [1.54, 1.807) is 12.3 Å². The molecule has 13 heteroatoms. The first kappa shape index (κ1) is 31.1. The van der Waals surface area contributed by atoms with E-state index >= 15 is 0 Å². The fraction of sp³-hybridized carbons (Fsp3) is 0.222. The molecule has 2 saturated heterocycles. The Morgan fingerprint density at radius 3 is 2.45 bits per heavy atom. The van der Waals surface area contributed by atoms with Crippen LogP contribution in [0.15, 0.2) is 85.3 Å². The quantitative estimate of drug-likeness (QED) is 0.141. The number of hydrogen-bond donors (Lipinski definition) is 2. The van der Waals surface area contributed by atoms with Crippen molar-refractivity contribution in [2.45, 2.75) is 25.8 Å². The van der Waals surface area contributed by atoms with Gasteiger partial charge in [-0.15, -0.1) is 0 Å². The summed E-state index contributed by atoms with van der Waals surface area (Å²) >= 11 is -0.560. The van der Waals surface area contributed by atoms with Crippen LogP contribution in [0.25, 0.3) is 16.9 Å². The molecule has 0 aliphatic carbocycles. The maximum atomic E-state index is 13.2. The average molecular weight is 768 g/mol. The zero-order chi connectivity index (χ0) is 33.6. The number of piperazine rings is 1. The van der Waals surface area contributed by atoms with Crippen LogP contribution in [0.4, 0.5) is 17.2 Å². The van der Waals surface area contributed by atoms with Crippen molar-refractivity contribution in [2.24, 2.45) is 0 Å². The van der Waals surface area contributed by atoms with Crippen LogP contribution in [-0.4, -0.2) is 78.2 Å². The molecule has 3 aliphatic rings. The molecule has 4 amide bonds. The van der Waals surface area contributed by atoms with Crippen LogP contribution < -0.4 is 37.0 Å². The number of anilines is 3. The third kappa shape index (κ3) is 5.93. The number of amides is 4. The minimum Gasteiger partial charge on any atom is -0.0499 e. The molecule has 5 aromatic rings. The minimum atomic E-state index is -0.957. The van der Waals surface area contributed by atoms with E-state index in [1.807, 2.05) is 30.6 Å². The van der Waals surface area contributed by atoms with E-state index in [9.17, 15) is 19.2 Å². The number of piperidine rings is 1. The van der Waals surface area contributed by atoms with Crippen LogP contribution in [0, 0.1) is 10.5 Å². The van der Waals surface area contributed by atoms with E-state index < -0.39 is 45.2 Å². The standard InChI is InChI=1S/C36H32IN8O4/c1-22-3-2-4-23(19-22)30-21-39-32(33-38-13-14-44(30)33)40-25-6-8-26(9-7-25)42-15-17-43(18-16-42)37-24-5-10-27-28(20-24)36(49)45(35(27)48)29-11-12-31(46)41-34(29)47/h2-10,13-14,19-21,29H,11-12,15-18H2,1H3,(H,39,40)(H,41,46,47)/q-1. The molecular formula is C36H32IN8O4-. The Balaban J connectivity index is 0.887. The second kappa shape index (κ2) is 12.7. The van der Waals surface area contributed by atoms with Gasteiger partial charge in [-0.3, -0.25) is 0 Å². The molecule has 0 saturated carbocycles. The van der Waals surface area contributed by atoms with Crippen LogP contribution in [0.2, 0.25) is 0 Å². The van der Waals surface area contributed by atoms with Gasteiger partial charge in [-0.05, 0) is 13.0 Å². The maximum absolute atomic E-state index is 13.2. The first-order valence-electron chi connectivity index (χ1n) is 16.1. The van der Waals surface area contributed by atoms with Gasteiger partial charge < -0.3 is 0 Å². The first-order chi connectivity index (χ1) is 23.8. The smallest absolute Gasteiger partial charge is 0.0499 e. The minimum absolute atomic E-state index is 0.101. The number of halogens is 1. The second-order valence-corrected chi connectivity index (χ2v) is 15.4. The number of aryl methyl sites for hydroxylation is 1. The van der Waals surface area contributed by atoms with Crippen LogP contribution in [-0.2, 0) is 9.59 Å². The van der Waals surface area contributed by atoms with E-state index in [-0.39, 0.29) is 18.7 Å². The third-order valence-corrected chi connectivity index (χ3v) is 12.0. The monoisotopic (exact) mass is 767 g/mol.